The summed E-state index contributed by atoms with van der Waals surface area (Å²) in [6, 6.07) is 9.88. The topological polar surface area (TPSA) is 136 Å². The van der Waals surface area contributed by atoms with E-state index in [1.165, 1.54) is 6.07 Å². The normalized spacial score (nSPS) is 11.3. The molecule has 7 heteroatoms. The number of benzene rings is 2. The van der Waals surface area contributed by atoms with E-state index in [2.05, 4.69) is 0 Å². The minimum atomic E-state index is -3.98. The van der Waals surface area contributed by atoms with E-state index in [4.69, 9.17) is 22.0 Å². The predicted octanol–water partition coefficient (Wildman–Crippen LogP) is 1.18. The molecule has 0 atom stereocenters. The van der Waals surface area contributed by atoms with Gasteiger partial charge >= 0.3 is 0 Å². The Balaban J connectivity index is 2.81. The summed E-state index contributed by atoms with van der Waals surface area (Å²) in [5.41, 5.74) is 14.2. The molecule has 2 rings (SSSR count). The second-order valence-electron chi connectivity index (χ2n) is 4.71. The number of anilines is 1. The zero-order valence-electron chi connectivity index (χ0n) is 11.4. The van der Waals surface area contributed by atoms with Crippen molar-refractivity contribution < 1.29 is 8.42 Å². The van der Waals surface area contributed by atoms with Gasteiger partial charge in [0.15, 0.2) is 0 Å². The SMILES string of the molecule is Cc1ccc(-c2cccc(S(N)(=O)=O)c2C(=N)N)cc1N. The molecule has 0 heterocycles. The van der Waals surface area contributed by atoms with E-state index in [9.17, 15) is 8.42 Å². The standard InChI is InChI=1S/C14H16N4O2S/c1-8-5-6-9(7-11(8)15)10-3-2-4-12(21(18,19)20)13(10)14(16)17/h2-7H,15H2,1H3,(H3,16,17)(H2,18,19,20). The Labute approximate surface area is 123 Å². The number of sulfonamides is 1. The van der Waals surface area contributed by atoms with Gasteiger partial charge in [0, 0.05) is 11.3 Å². The van der Waals surface area contributed by atoms with E-state index < -0.39 is 10.0 Å². The highest BCUT2D eigenvalue weighted by molar-refractivity contribution is 7.89. The molecule has 0 aromatic heterocycles. The summed E-state index contributed by atoms with van der Waals surface area (Å²) in [4.78, 5) is -0.174. The molecule has 0 spiro atoms. The number of hydrogen-bond donors (Lipinski definition) is 4. The largest absolute Gasteiger partial charge is 0.398 e. The highest BCUT2D eigenvalue weighted by Crippen LogP contribution is 2.30. The molecule has 0 aliphatic rings. The van der Waals surface area contributed by atoms with Crippen LogP contribution in [0.1, 0.15) is 11.1 Å². The number of rotatable bonds is 3. The zero-order valence-corrected chi connectivity index (χ0v) is 12.2. The lowest BCUT2D eigenvalue weighted by atomic mass is 9.97. The molecule has 0 aliphatic heterocycles. The number of nitrogens with two attached hydrogens (primary N) is 3. The van der Waals surface area contributed by atoms with Gasteiger partial charge < -0.3 is 11.5 Å². The summed E-state index contributed by atoms with van der Waals surface area (Å²) in [5.74, 6) is -0.367. The lowest BCUT2D eigenvalue weighted by Gasteiger charge is -2.13. The zero-order chi connectivity index (χ0) is 15.8. The van der Waals surface area contributed by atoms with Crippen molar-refractivity contribution >= 4 is 21.5 Å². The van der Waals surface area contributed by atoms with Gasteiger partial charge in [-0.15, -0.1) is 0 Å². The fraction of sp³-hybridized carbons (Fsp3) is 0.0714. The summed E-state index contributed by atoms with van der Waals surface area (Å²) in [7, 11) is -3.98. The Morgan fingerprint density at radius 3 is 2.38 bits per heavy atom. The Bertz CT molecular complexity index is 829. The molecule has 21 heavy (non-hydrogen) atoms. The van der Waals surface area contributed by atoms with Crippen molar-refractivity contribution in [3.8, 4) is 11.1 Å². The van der Waals surface area contributed by atoms with Crippen LogP contribution in [-0.2, 0) is 10.0 Å². The van der Waals surface area contributed by atoms with Crippen LogP contribution in [0.5, 0.6) is 0 Å². The molecule has 0 saturated heterocycles. The van der Waals surface area contributed by atoms with Crippen molar-refractivity contribution in [3.63, 3.8) is 0 Å². The average Bonchev–Trinajstić information content (AvgIpc) is 2.40. The second kappa shape index (κ2) is 5.19. The van der Waals surface area contributed by atoms with Crippen LogP contribution in [-0.4, -0.2) is 14.3 Å². The van der Waals surface area contributed by atoms with Gasteiger partial charge in [-0.25, -0.2) is 13.6 Å². The minimum absolute atomic E-state index is 0.0863. The van der Waals surface area contributed by atoms with Gasteiger partial charge in [-0.3, -0.25) is 5.41 Å². The van der Waals surface area contributed by atoms with Crippen LogP contribution in [0.4, 0.5) is 5.69 Å². The average molecular weight is 304 g/mol. The van der Waals surface area contributed by atoms with E-state index in [-0.39, 0.29) is 16.3 Å². The molecule has 0 radical (unpaired) electrons. The van der Waals surface area contributed by atoms with Crippen LogP contribution in [0.15, 0.2) is 41.3 Å². The number of nitrogen functional groups attached to an aromatic ring is 2. The number of primary sulfonamides is 1. The first kappa shape index (κ1) is 15.0. The van der Waals surface area contributed by atoms with Gasteiger partial charge in [-0.05, 0) is 35.7 Å². The molecular formula is C14H16N4O2S. The van der Waals surface area contributed by atoms with Crippen molar-refractivity contribution in [2.75, 3.05) is 5.73 Å². The van der Waals surface area contributed by atoms with E-state index in [1.807, 2.05) is 13.0 Å². The molecule has 0 saturated carbocycles. The Morgan fingerprint density at radius 1 is 1.19 bits per heavy atom. The molecule has 0 aliphatic carbocycles. The van der Waals surface area contributed by atoms with Gasteiger partial charge in [0.05, 0.1) is 4.90 Å². The lowest BCUT2D eigenvalue weighted by molar-refractivity contribution is 0.597. The Hall–Kier alpha value is -2.38. The second-order valence-corrected chi connectivity index (χ2v) is 6.24. The van der Waals surface area contributed by atoms with Crippen LogP contribution in [0.25, 0.3) is 11.1 Å². The van der Waals surface area contributed by atoms with Crippen LogP contribution in [0.2, 0.25) is 0 Å². The summed E-state index contributed by atoms with van der Waals surface area (Å²) in [5, 5.41) is 12.9. The first-order valence-corrected chi connectivity index (χ1v) is 7.63. The van der Waals surface area contributed by atoms with Crippen LogP contribution >= 0.6 is 0 Å². The van der Waals surface area contributed by atoms with E-state index in [1.54, 1.807) is 24.3 Å². The molecule has 6 nitrogen and oxygen atoms in total. The molecule has 2 aromatic carbocycles. The quantitative estimate of drug-likeness (QED) is 0.384. The predicted molar refractivity (Wildman–Crippen MR) is 83.4 cm³/mol. The molecule has 0 fully saturated rings. The van der Waals surface area contributed by atoms with Gasteiger partial charge in [0.1, 0.15) is 5.84 Å². The van der Waals surface area contributed by atoms with Crippen molar-refractivity contribution in [3.05, 3.63) is 47.5 Å². The third-order valence-electron chi connectivity index (χ3n) is 3.19. The lowest BCUT2D eigenvalue weighted by Crippen LogP contribution is -2.21. The molecule has 7 N–H and O–H groups in total. The monoisotopic (exact) mass is 304 g/mol. The first-order chi connectivity index (χ1) is 9.71. The molecule has 0 bridgehead atoms. The highest BCUT2D eigenvalue weighted by atomic mass is 32.2. The summed E-state index contributed by atoms with van der Waals surface area (Å²) in [6.45, 7) is 1.87. The highest BCUT2D eigenvalue weighted by Gasteiger charge is 2.20. The molecule has 2 aromatic rings. The summed E-state index contributed by atoms with van der Waals surface area (Å²) < 4.78 is 23.3. The van der Waals surface area contributed by atoms with Crippen LogP contribution < -0.4 is 16.6 Å². The van der Waals surface area contributed by atoms with Crippen molar-refractivity contribution in [2.24, 2.45) is 10.9 Å². The van der Waals surface area contributed by atoms with Crippen molar-refractivity contribution in [1.82, 2.24) is 0 Å². The Morgan fingerprint density at radius 2 is 1.86 bits per heavy atom. The van der Waals surface area contributed by atoms with Crippen LogP contribution in [0, 0.1) is 12.3 Å². The van der Waals surface area contributed by atoms with E-state index in [0.717, 1.165) is 5.56 Å². The number of hydrogen-bond acceptors (Lipinski definition) is 4. The first-order valence-electron chi connectivity index (χ1n) is 6.08. The van der Waals surface area contributed by atoms with Gasteiger partial charge in [-0.2, -0.15) is 0 Å². The van der Waals surface area contributed by atoms with Gasteiger partial charge in [-0.1, -0.05) is 24.3 Å². The summed E-state index contributed by atoms with van der Waals surface area (Å²) >= 11 is 0. The maximum atomic E-state index is 11.7. The van der Waals surface area contributed by atoms with Crippen molar-refractivity contribution in [1.29, 1.82) is 5.41 Å². The molecule has 0 unspecified atom stereocenters. The molecule has 110 valence electrons. The third-order valence-corrected chi connectivity index (χ3v) is 4.15. The third kappa shape index (κ3) is 2.88. The van der Waals surface area contributed by atoms with Gasteiger partial charge in [0.25, 0.3) is 0 Å². The van der Waals surface area contributed by atoms with Crippen molar-refractivity contribution in [2.45, 2.75) is 11.8 Å². The fourth-order valence-corrected chi connectivity index (χ4v) is 2.87. The van der Waals surface area contributed by atoms with Crippen LogP contribution in [0.3, 0.4) is 0 Å². The minimum Gasteiger partial charge on any atom is -0.398 e. The number of nitrogens with one attached hydrogen (secondary N) is 1. The van der Waals surface area contributed by atoms with E-state index in [0.29, 0.717) is 16.8 Å². The molecule has 0 amide bonds. The smallest absolute Gasteiger partial charge is 0.238 e. The Kier molecular flexibility index (Phi) is 3.71. The molecular weight excluding hydrogens is 288 g/mol. The fourth-order valence-electron chi connectivity index (χ4n) is 2.09. The van der Waals surface area contributed by atoms with E-state index >= 15 is 0 Å². The number of aryl methyl sites for hydroxylation is 1. The maximum absolute atomic E-state index is 11.7. The number of amidine groups is 1. The van der Waals surface area contributed by atoms with Gasteiger partial charge in [0.2, 0.25) is 10.0 Å². The summed E-state index contributed by atoms with van der Waals surface area (Å²) in [6.07, 6.45) is 0. The maximum Gasteiger partial charge on any atom is 0.238 e.